The Kier molecular flexibility index (Phi) is 28.0. The van der Waals surface area contributed by atoms with Crippen molar-refractivity contribution < 1.29 is 14.2 Å². The van der Waals surface area contributed by atoms with Crippen molar-refractivity contribution in [2.75, 3.05) is 100 Å². The van der Waals surface area contributed by atoms with E-state index in [1.165, 1.54) is 38.8 Å². The van der Waals surface area contributed by atoms with Crippen LogP contribution >= 0.6 is 69.6 Å². The van der Waals surface area contributed by atoms with Crippen LogP contribution in [0.2, 0.25) is 30.9 Å². The van der Waals surface area contributed by atoms with Crippen LogP contribution in [0.4, 0.5) is 52.8 Å². The zero-order chi connectivity index (χ0) is 58.9. The molecule has 460 valence electrons. The van der Waals surface area contributed by atoms with Crippen LogP contribution in [0.25, 0.3) is 0 Å². The Labute approximate surface area is 524 Å². The van der Waals surface area contributed by atoms with Gasteiger partial charge in [0.15, 0.2) is 0 Å². The first-order chi connectivity index (χ1) is 39.3. The quantitative estimate of drug-likeness (QED) is 0.0475. The van der Waals surface area contributed by atoms with Crippen molar-refractivity contribution in [2.24, 2.45) is 17.4 Å². The van der Waals surface area contributed by atoms with E-state index < -0.39 is 0 Å². The number of piperidine rings is 2. The van der Waals surface area contributed by atoms with Crippen molar-refractivity contribution in [3.63, 3.8) is 0 Å². The lowest BCUT2D eigenvalue weighted by Crippen LogP contribution is -2.42. The van der Waals surface area contributed by atoms with E-state index in [4.69, 9.17) is 95.3 Å². The van der Waals surface area contributed by atoms with Crippen LogP contribution in [0.3, 0.4) is 0 Å². The number of halogens is 6. The van der Waals surface area contributed by atoms with Gasteiger partial charge >= 0.3 is 0 Å². The third-order valence-electron chi connectivity index (χ3n) is 13.5. The smallest absolute Gasteiger partial charge is 0.233 e. The molecule has 3 aliphatic carbocycles. The predicted molar refractivity (Wildman–Crippen MR) is 345 cm³/mol. The molecule has 6 aromatic rings. The molecule has 0 spiro atoms. The molecule has 9 N–H and O–H groups in total. The Morgan fingerprint density at radius 1 is 0.500 bits per heavy atom. The maximum absolute atomic E-state index is 6.26. The molecule has 5 heterocycles. The fraction of sp³-hybridized carbons (Fsp3) is 0.518. The van der Waals surface area contributed by atoms with E-state index in [9.17, 15) is 0 Å². The fourth-order valence-electron chi connectivity index (χ4n) is 8.13. The average molecular weight is 1280 g/mol. The van der Waals surface area contributed by atoms with Gasteiger partial charge in [-0.1, -0.05) is 49.7 Å². The van der Waals surface area contributed by atoms with E-state index in [2.05, 4.69) is 114 Å². The topological polar surface area (TPSA) is 266 Å². The molecule has 3 saturated carbocycles. The monoisotopic (exact) mass is 1280 g/mol. The molecule has 5 aliphatic rings. The molecule has 2 saturated heterocycles. The van der Waals surface area contributed by atoms with Crippen molar-refractivity contribution >= 4 is 122 Å². The molecule has 5 fully saturated rings. The molecule has 3 aromatic heterocycles. The van der Waals surface area contributed by atoms with Gasteiger partial charge in [0, 0.05) is 54.3 Å². The lowest BCUT2D eigenvalue weighted by molar-refractivity contribution is 0.203. The summed E-state index contributed by atoms with van der Waals surface area (Å²) in [4.78, 5) is 44.6. The van der Waals surface area contributed by atoms with Gasteiger partial charge in [0.05, 0.1) is 36.4 Å². The summed E-state index contributed by atoms with van der Waals surface area (Å²) in [6.07, 6.45) is 11.9. The maximum Gasteiger partial charge on any atom is 0.233 e. The molecule has 28 heteroatoms. The van der Waals surface area contributed by atoms with Gasteiger partial charge < -0.3 is 67.0 Å². The molecule has 1 atom stereocenters. The summed E-state index contributed by atoms with van der Waals surface area (Å²) in [7, 11) is 11.1. The number of nitrogens with zero attached hydrogens (tertiary/aromatic N) is 12. The fourth-order valence-corrected chi connectivity index (χ4v) is 9.43. The number of ether oxygens (including phenoxy) is 3. The Morgan fingerprint density at radius 2 is 0.833 bits per heavy atom. The van der Waals surface area contributed by atoms with Crippen LogP contribution in [-0.4, -0.2) is 154 Å². The maximum atomic E-state index is 6.26. The molecule has 84 heavy (non-hydrogen) atoms. The summed E-state index contributed by atoms with van der Waals surface area (Å²) in [6, 6.07) is 18.3. The second-order valence-electron chi connectivity index (χ2n) is 20.5. The van der Waals surface area contributed by atoms with Gasteiger partial charge in [-0.2, -0.15) is 44.9 Å². The lowest BCUT2D eigenvalue weighted by Gasteiger charge is -2.35. The molecule has 22 nitrogen and oxygen atoms in total. The normalized spacial score (nSPS) is 16.2. The SMILES string of the molecule is C.C.CC(N)C1CCN(C)CC1.COc1ccc(Nc2nc(Cl)nc(Cl)n2)cc1Cl.COc1ccc(Nc2nc(Cl)nc(NC3CC3)n2)cc1Cl.COc1ccc(Nc2nc(NC3CC3)nc(N(C)C3CCN(C)CC3)n2)cc1Cl.NC1CC1. The van der Waals surface area contributed by atoms with Crippen molar-refractivity contribution in [1.82, 2.24) is 54.7 Å². The number of benzene rings is 3. The van der Waals surface area contributed by atoms with Crippen LogP contribution in [0.5, 0.6) is 17.2 Å². The highest BCUT2D eigenvalue weighted by molar-refractivity contribution is 6.33. The molecular weight excluding hydrogens is 1200 g/mol. The largest absolute Gasteiger partial charge is 0.495 e. The second kappa shape index (κ2) is 34.0. The van der Waals surface area contributed by atoms with Gasteiger partial charge in [0.2, 0.25) is 51.5 Å². The number of anilines is 9. The minimum atomic E-state index is 0. The first kappa shape index (κ1) is 69.2. The number of nitrogens with one attached hydrogen (secondary N) is 5. The van der Waals surface area contributed by atoms with E-state index in [1.54, 1.807) is 57.7 Å². The Bertz CT molecular complexity index is 2970. The molecule has 0 bridgehead atoms. The van der Waals surface area contributed by atoms with Gasteiger partial charge in [-0.3, -0.25) is 0 Å². The second-order valence-corrected chi connectivity index (χ2v) is 22.7. The van der Waals surface area contributed by atoms with Crippen LogP contribution in [-0.2, 0) is 0 Å². The summed E-state index contributed by atoms with van der Waals surface area (Å²) in [5, 5.41) is 17.4. The molecule has 3 aromatic carbocycles. The lowest BCUT2D eigenvalue weighted by atomic mass is 9.91. The van der Waals surface area contributed by atoms with Crippen LogP contribution < -0.4 is 57.2 Å². The average Bonchev–Trinajstić information content (AvgIpc) is 4.38. The van der Waals surface area contributed by atoms with Gasteiger partial charge in [-0.05, 0) is 207 Å². The van der Waals surface area contributed by atoms with E-state index in [1.807, 2.05) is 18.2 Å². The van der Waals surface area contributed by atoms with Crippen molar-refractivity contribution in [3.8, 4) is 17.2 Å². The number of likely N-dealkylation sites (tertiary alicyclic amines) is 2. The Hall–Kier alpha value is -5.53. The summed E-state index contributed by atoms with van der Waals surface area (Å²) < 4.78 is 15.4. The number of hydrogen-bond donors (Lipinski definition) is 7. The van der Waals surface area contributed by atoms with E-state index >= 15 is 0 Å². The zero-order valence-corrected chi connectivity index (χ0v) is 51.6. The standard InChI is InChI=1S/C20H28ClN7O.C13H13Cl2N5O.C10H7Cl3N4O.C8H18N2.C3H7N.2CH4/c1-27-10-8-15(9-11-27)28(2)20-25-18(22-13-4-5-13)24-19(26-20)23-14-6-7-17(29-3)16(21)12-14;1-21-10-5-4-8(6-9(10)14)17-13-19-11(15)18-12(20-13)16-7-2-3-7;1-18-7-3-2-5(4-6(7)11)14-10-16-8(12)15-9(13)17-10;1-7(9)8-3-5-10(2)6-4-8;4-3-1-2-3;;/h6-7,12-13,15H,4-5,8-11H2,1-3H3,(H2,22,23,24,25,26);4-7H,2-3H2,1H3,(H2,16,17,18,19,20);2-4H,1H3,(H,14,15,16,17);7-8H,3-6,9H2,1-2H3;3H,1-2,4H2;2*1H4. The van der Waals surface area contributed by atoms with Crippen molar-refractivity contribution in [1.29, 1.82) is 0 Å². The number of hydrogen-bond acceptors (Lipinski definition) is 22. The summed E-state index contributed by atoms with van der Waals surface area (Å²) in [5.41, 5.74) is 13.2. The highest BCUT2D eigenvalue weighted by Crippen LogP contribution is 2.33. The number of methoxy groups -OCH3 is 3. The summed E-state index contributed by atoms with van der Waals surface area (Å²) in [6.45, 7) is 6.75. The first-order valence-corrected chi connectivity index (χ1v) is 29.3. The third-order valence-corrected chi connectivity index (χ3v) is 14.9. The number of rotatable bonds is 16. The van der Waals surface area contributed by atoms with Gasteiger partial charge in [-0.15, -0.1) is 0 Å². The van der Waals surface area contributed by atoms with Gasteiger partial charge in [0.25, 0.3) is 0 Å². The third kappa shape index (κ3) is 23.4. The molecule has 1 unspecified atom stereocenters. The first-order valence-electron chi connectivity index (χ1n) is 27.0. The van der Waals surface area contributed by atoms with Crippen LogP contribution in [0.1, 0.15) is 86.0 Å². The van der Waals surface area contributed by atoms with E-state index in [0.717, 1.165) is 68.9 Å². The Balaban J connectivity index is 0.000000208. The zero-order valence-electron chi connectivity index (χ0n) is 47.1. The minimum Gasteiger partial charge on any atom is -0.495 e. The van der Waals surface area contributed by atoms with Crippen LogP contribution in [0, 0.1) is 5.92 Å². The highest BCUT2D eigenvalue weighted by Gasteiger charge is 2.27. The van der Waals surface area contributed by atoms with Gasteiger partial charge in [-0.25, -0.2) is 0 Å². The van der Waals surface area contributed by atoms with E-state index in [0.29, 0.717) is 98.0 Å². The molecule has 2 aliphatic heterocycles. The highest BCUT2D eigenvalue weighted by atomic mass is 35.5. The molecular formula is C56H81Cl6N19O3. The van der Waals surface area contributed by atoms with E-state index in [-0.39, 0.29) is 36.7 Å². The predicted octanol–water partition coefficient (Wildman–Crippen LogP) is 12.5. The molecule has 11 rings (SSSR count). The molecule has 0 radical (unpaired) electrons. The van der Waals surface area contributed by atoms with Crippen molar-refractivity contribution in [2.45, 2.75) is 116 Å². The molecule has 0 amide bonds. The number of aromatic nitrogens is 9. The van der Waals surface area contributed by atoms with Gasteiger partial charge in [0.1, 0.15) is 17.2 Å². The Morgan fingerprint density at radius 3 is 1.19 bits per heavy atom. The van der Waals surface area contributed by atoms with Crippen LogP contribution in [0.15, 0.2) is 54.6 Å². The minimum absolute atomic E-state index is 0. The summed E-state index contributed by atoms with van der Waals surface area (Å²) >= 11 is 35.6. The van der Waals surface area contributed by atoms with Crippen molar-refractivity contribution in [3.05, 3.63) is 85.5 Å². The number of nitrogens with two attached hydrogens (primary N) is 2. The summed E-state index contributed by atoms with van der Waals surface area (Å²) in [5.74, 6) is 5.45.